The van der Waals surface area contributed by atoms with Crippen molar-refractivity contribution in [3.05, 3.63) is 35.9 Å². The second kappa shape index (κ2) is 4.85. The van der Waals surface area contributed by atoms with Gasteiger partial charge in [-0.1, -0.05) is 30.3 Å². The zero-order valence-electron chi connectivity index (χ0n) is 9.75. The number of benzene rings is 1. The molecule has 1 aromatic carbocycles. The van der Waals surface area contributed by atoms with Crippen molar-refractivity contribution in [2.45, 2.75) is 25.5 Å². The fraction of sp³-hybridized carbons (Fsp3) is 0.462. The van der Waals surface area contributed by atoms with Gasteiger partial charge in [-0.2, -0.15) is 4.79 Å². The fourth-order valence-electron chi connectivity index (χ4n) is 2.40. The Morgan fingerprint density at radius 1 is 1.24 bits per heavy atom. The van der Waals surface area contributed by atoms with Gasteiger partial charge in [-0.15, -0.1) is 0 Å². The smallest absolute Gasteiger partial charge is 0.435 e. The molecule has 17 heavy (non-hydrogen) atoms. The van der Waals surface area contributed by atoms with Gasteiger partial charge in [0.15, 0.2) is 0 Å². The van der Waals surface area contributed by atoms with E-state index in [1.165, 1.54) is 0 Å². The van der Waals surface area contributed by atoms with Crippen LogP contribution in [0.2, 0.25) is 0 Å². The van der Waals surface area contributed by atoms with E-state index in [4.69, 9.17) is 0 Å². The predicted octanol–water partition coefficient (Wildman–Crippen LogP) is 1.84. The van der Waals surface area contributed by atoms with E-state index in [9.17, 15) is 15.0 Å². The lowest BCUT2D eigenvalue weighted by Crippen LogP contribution is -2.56. The average Bonchev–Trinajstić information content (AvgIpc) is 2.33. The molecule has 1 aromatic rings. The zero-order valence-corrected chi connectivity index (χ0v) is 9.75. The lowest BCUT2D eigenvalue weighted by Gasteiger charge is -2.37. The van der Waals surface area contributed by atoms with Crippen LogP contribution in [-0.2, 0) is 6.54 Å². The number of nitrogens with zero attached hydrogens (tertiary/aromatic N) is 1. The number of hydrogen-bond donors (Lipinski definition) is 2. The quantitative estimate of drug-likeness (QED) is 0.770. The first-order valence-electron chi connectivity index (χ1n) is 5.94. The molecule has 1 saturated heterocycles. The van der Waals surface area contributed by atoms with Crippen LogP contribution >= 0.6 is 0 Å². The minimum atomic E-state index is -0.791. The molecule has 1 aliphatic heterocycles. The normalized spacial score (nSPS) is 28.9. The van der Waals surface area contributed by atoms with Crippen molar-refractivity contribution in [3.8, 4) is 0 Å². The molecular formula is C13H18NO3+. The molecule has 2 N–H and O–H groups in total. The van der Waals surface area contributed by atoms with Gasteiger partial charge in [0.2, 0.25) is 0 Å². The standard InChI is InChI=1S/C13H17NO3/c15-12-6-8-14(9-7-12,13(16)17)10-11-4-2-1-3-5-11/h1-5,12,15H,6-10H2/p+1. The third kappa shape index (κ3) is 2.65. The second-order valence-corrected chi connectivity index (χ2v) is 4.75. The van der Waals surface area contributed by atoms with Crippen LogP contribution in [0.4, 0.5) is 4.79 Å². The van der Waals surface area contributed by atoms with Crippen molar-refractivity contribution in [1.29, 1.82) is 0 Å². The highest BCUT2D eigenvalue weighted by atomic mass is 16.4. The molecule has 2 rings (SSSR count). The molecule has 0 unspecified atom stereocenters. The summed E-state index contributed by atoms with van der Waals surface area (Å²) >= 11 is 0. The number of piperidine rings is 1. The highest BCUT2D eigenvalue weighted by molar-refractivity contribution is 5.57. The van der Waals surface area contributed by atoms with Gasteiger partial charge in [0, 0.05) is 18.4 Å². The Morgan fingerprint density at radius 2 is 1.82 bits per heavy atom. The molecule has 92 valence electrons. The van der Waals surface area contributed by atoms with Crippen LogP contribution in [0, 0.1) is 0 Å². The van der Waals surface area contributed by atoms with Crippen molar-refractivity contribution < 1.29 is 19.5 Å². The Morgan fingerprint density at radius 3 is 2.35 bits per heavy atom. The summed E-state index contributed by atoms with van der Waals surface area (Å²) in [5.74, 6) is 0. The van der Waals surface area contributed by atoms with Crippen molar-refractivity contribution in [2.24, 2.45) is 0 Å². The zero-order chi connectivity index (χ0) is 12.3. The van der Waals surface area contributed by atoms with E-state index in [1.54, 1.807) is 0 Å². The second-order valence-electron chi connectivity index (χ2n) is 4.75. The van der Waals surface area contributed by atoms with Gasteiger partial charge in [-0.3, -0.25) is 0 Å². The Labute approximate surface area is 101 Å². The molecule has 1 heterocycles. The van der Waals surface area contributed by atoms with Gasteiger partial charge in [0.05, 0.1) is 19.2 Å². The third-order valence-electron chi connectivity index (χ3n) is 3.51. The molecule has 0 aliphatic carbocycles. The summed E-state index contributed by atoms with van der Waals surface area (Å²) in [6.07, 6.45) is 0.00951. The monoisotopic (exact) mass is 236 g/mol. The molecule has 0 bridgehead atoms. The minimum absolute atomic E-state index is 0.0427. The highest BCUT2D eigenvalue weighted by Crippen LogP contribution is 2.23. The van der Waals surface area contributed by atoms with Gasteiger partial charge in [0.1, 0.15) is 6.54 Å². The summed E-state index contributed by atoms with van der Waals surface area (Å²) in [5, 5.41) is 18.9. The number of rotatable bonds is 2. The summed E-state index contributed by atoms with van der Waals surface area (Å²) in [4.78, 5) is 11.5. The lowest BCUT2D eigenvalue weighted by atomic mass is 10.0. The topological polar surface area (TPSA) is 57.5 Å². The van der Waals surface area contributed by atoms with Gasteiger partial charge in [-0.05, 0) is 0 Å². The number of aliphatic hydroxyl groups is 1. The first-order chi connectivity index (χ1) is 8.12. The van der Waals surface area contributed by atoms with Crippen LogP contribution in [-0.4, -0.2) is 40.0 Å². The average molecular weight is 236 g/mol. The maximum absolute atomic E-state index is 11.5. The molecule has 0 spiro atoms. The van der Waals surface area contributed by atoms with E-state index in [0.717, 1.165) is 5.56 Å². The third-order valence-corrected chi connectivity index (χ3v) is 3.51. The summed E-state index contributed by atoms with van der Waals surface area (Å²) in [6.45, 7) is 1.51. The summed E-state index contributed by atoms with van der Waals surface area (Å²) in [5.41, 5.74) is 1.03. The van der Waals surface area contributed by atoms with Crippen LogP contribution in [0.25, 0.3) is 0 Å². The van der Waals surface area contributed by atoms with Gasteiger partial charge in [-0.25, -0.2) is 4.48 Å². The van der Waals surface area contributed by atoms with E-state index >= 15 is 0 Å². The molecule has 4 nitrogen and oxygen atoms in total. The SMILES string of the molecule is O=C(O)[N+]1(Cc2ccccc2)CCC(O)CC1. The first kappa shape index (κ1) is 12.1. The number of quaternary nitrogens is 1. The summed E-state index contributed by atoms with van der Waals surface area (Å²) < 4.78 is 0.0427. The van der Waals surface area contributed by atoms with Crippen molar-refractivity contribution in [3.63, 3.8) is 0 Å². The fourth-order valence-corrected chi connectivity index (χ4v) is 2.40. The highest BCUT2D eigenvalue weighted by Gasteiger charge is 2.40. The van der Waals surface area contributed by atoms with E-state index in [2.05, 4.69) is 0 Å². The van der Waals surface area contributed by atoms with E-state index in [1.807, 2.05) is 30.3 Å². The van der Waals surface area contributed by atoms with Gasteiger partial charge in [0.25, 0.3) is 0 Å². The molecule has 1 aliphatic rings. The number of hydrogen-bond acceptors (Lipinski definition) is 2. The van der Waals surface area contributed by atoms with Crippen molar-refractivity contribution in [1.82, 2.24) is 0 Å². The maximum Gasteiger partial charge on any atom is 0.513 e. The van der Waals surface area contributed by atoms with Gasteiger partial charge >= 0.3 is 6.09 Å². The summed E-state index contributed by atoms with van der Waals surface area (Å²) in [7, 11) is 0. The molecule has 0 saturated carbocycles. The van der Waals surface area contributed by atoms with Crippen molar-refractivity contribution >= 4 is 6.09 Å². The van der Waals surface area contributed by atoms with Crippen LogP contribution < -0.4 is 0 Å². The van der Waals surface area contributed by atoms with Crippen LogP contribution in [0.15, 0.2) is 30.3 Å². The number of likely N-dealkylation sites (tertiary alicyclic amines) is 1. The predicted molar refractivity (Wildman–Crippen MR) is 63.4 cm³/mol. The minimum Gasteiger partial charge on any atom is -0.435 e. The number of aliphatic hydroxyl groups excluding tert-OH is 1. The molecule has 0 aromatic heterocycles. The maximum atomic E-state index is 11.5. The van der Waals surface area contributed by atoms with Crippen LogP contribution in [0.5, 0.6) is 0 Å². The van der Waals surface area contributed by atoms with Crippen LogP contribution in [0.3, 0.4) is 0 Å². The molecule has 0 radical (unpaired) electrons. The Bertz CT molecular complexity index is 383. The number of amides is 1. The lowest BCUT2D eigenvalue weighted by molar-refractivity contribution is -0.876. The Hall–Kier alpha value is -1.39. The number of carboxylic acid groups (broad SMARTS) is 1. The van der Waals surface area contributed by atoms with Crippen LogP contribution in [0.1, 0.15) is 18.4 Å². The molecule has 1 fully saturated rings. The molecule has 0 atom stereocenters. The number of carbonyl (C=O) groups is 1. The van der Waals surface area contributed by atoms with E-state index < -0.39 is 6.09 Å². The first-order valence-corrected chi connectivity index (χ1v) is 5.94. The largest absolute Gasteiger partial charge is 0.513 e. The van der Waals surface area contributed by atoms with Gasteiger partial charge < -0.3 is 10.2 Å². The Balaban J connectivity index is 2.15. The van der Waals surface area contributed by atoms with Crippen molar-refractivity contribution in [2.75, 3.05) is 13.1 Å². The Kier molecular flexibility index (Phi) is 3.45. The molecular weight excluding hydrogens is 218 g/mol. The molecule has 4 heteroatoms. The van der Waals surface area contributed by atoms with E-state index in [-0.39, 0.29) is 10.6 Å². The molecule has 1 amide bonds. The summed E-state index contributed by atoms with van der Waals surface area (Å²) in [6, 6.07) is 9.68. The van der Waals surface area contributed by atoms with E-state index in [0.29, 0.717) is 32.5 Å².